The van der Waals surface area contributed by atoms with Gasteiger partial charge < -0.3 is 24.6 Å². The molecule has 10 heteroatoms. The van der Waals surface area contributed by atoms with Crippen molar-refractivity contribution in [2.45, 2.75) is 12.5 Å². The monoisotopic (exact) mass is 486 g/mol. The molecule has 32 heavy (non-hydrogen) atoms. The maximum atomic E-state index is 12.8. The number of amides is 1. The summed E-state index contributed by atoms with van der Waals surface area (Å²) in [5, 5.41) is 12.9. The Morgan fingerprint density at radius 1 is 1.22 bits per heavy atom. The summed E-state index contributed by atoms with van der Waals surface area (Å²) < 4.78 is 15.4. The second kappa shape index (κ2) is 12.5. The minimum atomic E-state index is -0.973. The van der Waals surface area contributed by atoms with Crippen molar-refractivity contribution in [2.24, 2.45) is 0 Å². The van der Waals surface area contributed by atoms with Crippen molar-refractivity contribution >= 4 is 35.1 Å². The molecule has 1 atom stereocenters. The summed E-state index contributed by atoms with van der Waals surface area (Å²) in [4.78, 5) is 26.9. The second-order valence-electron chi connectivity index (χ2n) is 6.98. The number of nitrogens with zero attached hydrogens (tertiary/aromatic N) is 1. The zero-order valence-corrected chi connectivity index (χ0v) is 19.6. The summed E-state index contributed by atoms with van der Waals surface area (Å²) in [6.07, 6.45) is 0.206. The number of esters is 1. The number of hydrogen-bond acceptors (Lipinski definition) is 7. The molecule has 0 fully saturated rings. The fraction of sp³-hybridized carbons (Fsp3) is 0.364. The summed E-state index contributed by atoms with van der Waals surface area (Å²) in [7, 11) is 4.65. The molecule has 2 aromatic carbocycles. The maximum Gasteiger partial charge on any atom is 0.328 e. The van der Waals surface area contributed by atoms with Gasteiger partial charge >= 0.3 is 5.97 Å². The van der Waals surface area contributed by atoms with Gasteiger partial charge in [0.25, 0.3) is 5.91 Å². The number of nitrogens with one attached hydrogen (secondary N) is 1. The number of likely N-dealkylation sites (N-methyl/N-ethyl adjacent to an activating group) is 1. The van der Waals surface area contributed by atoms with Gasteiger partial charge in [0, 0.05) is 21.5 Å². The van der Waals surface area contributed by atoms with Crippen molar-refractivity contribution in [1.29, 1.82) is 0 Å². The van der Waals surface area contributed by atoms with E-state index in [0.717, 1.165) is 5.56 Å². The highest BCUT2D eigenvalue weighted by Crippen LogP contribution is 2.42. The Labute approximate surface area is 198 Å². The third-order valence-corrected chi connectivity index (χ3v) is 5.17. The second-order valence-corrected chi connectivity index (χ2v) is 7.77. The van der Waals surface area contributed by atoms with Crippen molar-refractivity contribution < 1.29 is 30.3 Å². The number of phenols is 1. The van der Waals surface area contributed by atoms with Crippen molar-refractivity contribution in [3.8, 4) is 11.5 Å². The molecule has 0 aromatic heterocycles. The first-order chi connectivity index (χ1) is 15.3. The molecule has 1 amide bonds. The normalized spacial score (nSPS) is 11.8. The van der Waals surface area contributed by atoms with E-state index in [1.807, 2.05) is 42.3 Å². The SMILES string of the molecule is COCN(C)CCOc1c(Cl)cc(C(=O)N[C@@H](Cc2ccccc2)C(=O)OC)c(O)c1Cl.[HH]. The van der Waals surface area contributed by atoms with Gasteiger partial charge in [0.2, 0.25) is 0 Å². The summed E-state index contributed by atoms with van der Waals surface area (Å²) in [5.41, 5.74) is 0.636. The van der Waals surface area contributed by atoms with Gasteiger partial charge in [-0.1, -0.05) is 53.5 Å². The Bertz CT molecular complexity index is 933. The fourth-order valence-electron chi connectivity index (χ4n) is 2.91. The number of halogens is 2. The van der Waals surface area contributed by atoms with E-state index >= 15 is 0 Å². The lowest BCUT2D eigenvalue weighted by atomic mass is 10.1. The summed E-state index contributed by atoms with van der Waals surface area (Å²) in [5.74, 6) is -1.80. The van der Waals surface area contributed by atoms with E-state index in [2.05, 4.69) is 5.32 Å². The van der Waals surface area contributed by atoms with Gasteiger partial charge in [0.05, 0.1) is 24.4 Å². The molecule has 0 saturated carbocycles. The van der Waals surface area contributed by atoms with Crippen LogP contribution in [-0.4, -0.2) is 69.1 Å². The van der Waals surface area contributed by atoms with Crippen LogP contribution >= 0.6 is 23.2 Å². The highest BCUT2D eigenvalue weighted by molar-refractivity contribution is 6.39. The van der Waals surface area contributed by atoms with Gasteiger partial charge in [0.1, 0.15) is 17.7 Å². The Morgan fingerprint density at radius 3 is 2.53 bits per heavy atom. The van der Waals surface area contributed by atoms with Gasteiger partial charge in [-0.05, 0) is 18.7 Å². The molecular weight excluding hydrogens is 459 g/mol. The zero-order chi connectivity index (χ0) is 23.7. The van der Waals surface area contributed by atoms with Gasteiger partial charge in [-0.3, -0.25) is 9.69 Å². The summed E-state index contributed by atoms with van der Waals surface area (Å²) >= 11 is 12.5. The molecule has 176 valence electrons. The van der Waals surface area contributed by atoms with Crippen LogP contribution in [0.1, 0.15) is 17.3 Å². The molecule has 0 unspecified atom stereocenters. The molecule has 0 aliphatic rings. The van der Waals surface area contributed by atoms with E-state index < -0.39 is 23.7 Å². The molecule has 2 rings (SSSR count). The highest BCUT2D eigenvalue weighted by atomic mass is 35.5. The van der Waals surface area contributed by atoms with Crippen LogP contribution in [0.4, 0.5) is 0 Å². The molecular formula is C22H28Cl2N2O6. The highest BCUT2D eigenvalue weighted by Gasteiger charge is 2.26. The average Bonchev–Trinajstić information content (AvgIpc) is 2.78. The third kappa shape index (κ3) is 7.00. The van der Waals surface area contributed by atoms with E-state index in [-0.39, 0.29) is 35.8 Å². The number of aromatic hydroxyl groups is 1. The van der Waals surface area contributed by atoms with Crippen LogP contribution in [0.15, 0.2) is 36.4 Å². The Kier molecular flexibility index (Phi) is 10.1. The van der Waals surface area contributed by atoms with Crippen molar-refractivity contribution in [1.82, 2.24) is 10.2 Å². The minimum Gasteiger partial charge on any atom is -0.505 e. The number of rotatable bonds is 11. The Morgan fingerprint density at radius 2 is 1.91 bits per heavy atom. The third-order valence-electron chi connectivity index (χ3n) is 4.54. The smallest absolute Gasteiger partial charge is 0.328 e. The number of carbonyl (C=O) groups excluding carboxylic acids is 2. The van der Waals surface area contributed by atoms with E-state index in [0.29, 0.717) is 13.3 Å². The number of benzene rings is 2. The van der Waals surface area contributed by atoms with E-state index in [9.17, 15) is 14.7 Å². The minimum absolute atomic E-state index is 0. The van der Waals surface area contributed by atoms with Crippen LogP contribution in [0, 0.1) is 0 Å². The first-order valence-electron chi connectivity index (χ1n) is 9.72. The van der Waals surface area contributed by atoms with Gasteiger partial charge in [0.15, 0.2) is 11.5 Å². The lowest BCUT2D eigenvalue weighted by molar-refractivity contribution is -0.142. The molecule has 0 saturated heterocycles. The molecule has 0 bridgehead atoms. The number of phenolic OH excluding ortho intramolecular Hbond substituents is 1. The standard InChI is InChI=1S/C22H26Cl2N2O6.H2/c1-26(13-30-2)9-10-32-20-16(23)12-15(19(27)18(20)24)21(28)25-17(22(29)31-3)11-14-7-5-4-6-8-14;/h4-8,12,17,27H,9-11,13H2,1-3H3,(H,25,28);1H/t17-;/m0./s1. The molecule has 0 radical (unpaired) electrons. The number of methoxy groups -OCH3 is 2. The first kappa shape index (κ1) is 25.7. The molecule has 8 nitrogen and oxygen atoms in total. The molecule has 0 aliphatic carbocycles. The zero-order valence-electron chi connectivity index (χ0n) is 18.1. The Hall–Kier alpha value is -2.52. The predicted molar refractivity (Wildman–Crippen MR) is 124 cm³/mol. The maximum absolute atomic E-state index is 12.8. The van der Waals surface area contributed by atoms with E-state index in [1.54, 1.807) is 7.11 Å². The van der Waals surface area contributed by atoms with E-state index in [1.165, 1.54) is 13.2 Å². The van der Waals surface area contributed by atoms with Crippen LogP contribution in [-0.2, 0) is 20.7 Å². The van der Waals surface area contributed by atoms with Crippen LogP contribution in [0.3, 0.4) is 0 Å². The van der Waals surface area contributed by atoms with Gasteiger partial charge in [-0.15, -0.1) is 0 Å². The topological polar surface area (TPSA) is 97.3 Å². The van der Waals surface area contributed by atoms with Crippen molar-refractivity contribution in [3.63, 3.8) is 0 Å². The summed E-state index contributed by atoms with van der Waals surface area (Å²) in [6.45, 7) is 1.16. The lowest BCUT2D eigenvalue weighted by Gasteiger charge is -2.19. The number of carbonyl (C=O) groups is 2. The first-order valence-corrected chi connectivity index (χ1v) is 10.5. The molecule has 0 aliphatic heterocycles. The number of ether oxygens (including phenoxy) is 3. The molecule has 2 aromatic rings. The Balaban J connectivity index is 0.00000544. The predicted octanol–water partition coefficient (Wildman–Crippen LogP) is 3.37. The van der Waals surface area contributed by atoms with Crippen LogP contribution in [0.5, 0.6) is 11.5 Å². The number of hydrogen-bond donors (Lipinski definition) is 2. The fourth-order valence-corrected chi connectivity index (χ4v) is 3.47. The molecule has 2 N–H and O–H groups in total. The quantitative estimate of drug-likeness (QED) is 0.371. The van der Waals surface area contributed by atoms with Gasteiger partial charge in [-0.25, -0.2) is 4.79 Å². The molecule has 0 spiro atoms. The molecule has 0 heterocycles. The lowest BCUT2D eigenvalue weighted by Crippen LogP contribution is -2.43. The van der Waals surface area contributed by atoms with Crippen molar-refractivity contribution in [2.75, 3.05) is 41.1 Å². The van der Waals surface area contributed by atoms with Crippen molar-refractivity contribution in [3.05, 3.63) is 57.6 Å². The summed E-state index contributed by atoms with van der Waals surface area (Å²) in [6, 6.07) is 9.40. The van der Waals surface area contributed by atoms with Crippen LogP contribution in [0.2, 0.25) is 10.0 Å². The van der Waals surface area contributed by atoms with Gasteiger partial charge in [-0.2, -0.15) is 0 Å². The van der Waals surface area contributed by atoms with E-state index in [4.69, 9.17) is 37.4 Å². The van der Waals surface area contributed by atoms with Crippen LogP contribution < -0.4 is 10.1 Å². The largest absolute Gasteiger partial charge is 0.505 e. The van der Waals surface area contributed by atoms with Crippen LogP contribution in [0.25, 0.3) is 0 Å². The average molecular weight is 487 g/mol.